The molecule has 5 nitrogen and oxygen atoms in total. The molecule has 0 spiro atoms. The second-order valence-corrected chi connectivity index (χ2v) is 5.68. The monoisotopic (exact) mass is 340 g/mol. The Morgan fingerprint density at radius 1 is 1.20 bits per heavy atom. The van der Waals surface area contributed by atoms with Crippen LogP contribution in [0.15, 0.2) is 42.5 Å². The van der Waals surface area contributed by atoms with Crippen LogP contribution in [0.25, 0.3) is 10.9 Å². The SMILES string of the molecule is COC(=O)c1ccccc1NC(=O)Cc1c(C)[nH]c2ccc(F)cc12. The van der Waals surface area contributed by atoms with Crippen molar-refractivity contribution < 1.29 is 18.7 Å². The van der Waals surface area contributed by atoms with Gasteiger partial charge in [-0.15, -0.1) is 0 Å². The zero-order valence-corrected chi connectivity index (χ0v) is 13.9. The average Bonchev–Trinajstić information content (AvgIpc) is 2.90. The van der Waals surface area contributed by atoms with E-state index in [9.17, 15) is 14.0 Å². The predicted molar refractivity (Wildman–Crippen MR) is 93.1 cm³/mol. The lowest BCUT2D eigenvalue weighted by Gasteiger charge is -2.09. The first-order valence-electron chi connectivity index (χ1n) is 7.73. The number of para-hydroxylation sites is 1. The molecular formula is C19H17FN2O3. The number of hydrogen-bond donors (Lipinski definition) is 2. The summed E-state index contributed by atoms with van der Waals surface area (Å²) in [5, 5.41) is 3.40. The van der Waals surface area contributed by atoms with Gasteiger partial charge < -0.3 is 15.0 Å². The zero-order valence-electron chi connectivity index (χ0n) is 13.9. The van der Waals surface area contributed by atoms with Crippen LogP contribution in [0.1, 0.15) is 21.6 Å². The van der Waals surface area contributed by atoms with Crippen LogP contribution < -0.4 is 5.32 Å². The third-order valence-electron chi connectivity index (χ3n) is 4.03. The summed E-state index contributed by atoms with van der Waals surface area (Å²) in [6.07, 6.45) is 0.0603. The Morgan fingerprint density at radius 2 is 1.96 bits per heavy atom. The highest BCUT2D eigenvalue weighted by Crippen LogP contribution is 2.24. The lowest BCUT2D eigenvalue weighted by atomic mass is 10.1. The zero-order chi connectivity index (χ0) is 18.0. The van der Waals surface area contributed by atoms with Crippen LogP contribution in [0.5, 0.6) is 0 Å². The summed E-state index contributed by atoms with van der Waals surface area (Å²) in [7, 11) is 1.28. The molecule has 0 atom stereocenters. The highest BCUT2D eigenvalue weighted by molar-refractivity contribution is 6.02. The molecule has 0 aliphatic heterocycles. The summed E-state index contributed by atoms with van der Waals surface area (Å²) in [5.41, 5.74) is 2.96. The first-order valence-corrected chi connectivity index (χ1v) is 7.73. The van der Waals surface area contributed by atoms with Crippen LogP contribution in [-0.2, 0) is 16.0 Å². The molecule has 0 aliphatic rings. The van der Waals surface area contributed by atoms with Gasteiger partial charge in [-0.3, -0.25) is 4.79 Å². The number of amides is 1. The highest BCUT2D eigenvalue weighted by Gasteiger charge is 2.16. The molecule has 2 aromatic carbocycles. The summed E-state index contributed by atoms with van der Waals surface area (Å²) >= 11 is 0. The molecule has 128 valence electrons. The number of aromatic amines is 1. The van der Waals surface area contributed by atoms with E-state index in [1.54, 1.807) is 30.3 Å². The van der Waals surface area contributed by atoms with Gasteiger partial charge in [0.2, 0.25) is 5.91 Å². The van der Waals surface area contributed by atoms with Crippen molar-refractivity contribution in [3.8, 4) is 0 Å². The number of H-pyrrole nitrogens is 1. The van der Waals surface area contributed by atoms with Gasteiger partial charge in [0.25, 0.3) is 0 Å². The second-order valence-electron chi connectivity index (χ2n) is 5.68. The van der Waals surface area contributed by atoms with E-state index in [0.717, 1.165) is 16.8 Å². The van der Waals surface area contributed by atoms with Gasteiger partial charge in [0.1, 0.15) is 5.82 Å². The van der Waals surface area contributed by atoms with Crippen molar-refractivity contribution in [2.75, 3.05) is 12.4 Å². The van der Waals surface area contributed by atoms with E-state index in [2.05, 4.69) is 10.3 Å². The lowest BCUT2D eigenvalue weighted by Crippen LogP contribution is -2.17. The topological polar surface area (TPSA) is 71.2 Å². The fraction of sp³-hybridized carbons (Fsp3) is 0.158. The summed E-state index contributed by atoms with van der Waals surface area (Å²) in [6.45, 7) is 1.84. The first kappa shape index (κ1) is 16.7. The molecule has 0 radical (unpaired) electrons. The Morgan fingerprint density at radius 3 is 2.72 bits per heavy atom. The number of carbonyl (C=O) groups is 2. The summed E-state index contributed by atoms with van der Waals surface area (Å²) in [6, 6.07) is 11.0. The van der Waals surface area contributed by atoms with Crippen molar-refractivity contribution >= 4 is 28.5 Å². The number of carbonyl (C=O) groups excluding carboxylic acids is 2. The fourth-order valence-corrected chi connectivity index (χ4v) is 2.82. The van der Waals surface area contributed by atoms with E-state index in [0.29, 0.717) is 11.1 Å². The van der Waals surface area contributed by atoms with Crippen LogP contribution in [0, 0.1) is 12.7 Å². The number of esters is 1. The number of fused-ring (bicyclic) bond motifs is 1. The molecular weight excluding hydrogens is 323 g/mol. The molecule has 1 heterocycles. The van der Waals surface area contributed by atoms with Crippen LogP contribution in [0.3, 0.4) is 0 Å². The molecule has 0 saturated heterocycles. The maximum atomic E-state index is 13.5. The van der Waals surface area contributed by atoms with Crippen LogP contribution in [0.4, 0.5) is 10.1 Å². The van der Waals surface area contributed by atoms with Gasteiger partial charge in [0.15, 0.2) is 0 Å². The van der Waals surface area contributed by atoms with Crippen LogP contribution in [0.2, 0.25) is 0 Å². The number of methoxy groups -OCH3 is 1. The molecule has 0 fully saturated rings. The molecule has 1 amide bonds. The third kappa shape index (κ3) is 3.38. The number of hydrogen-bond acceptors (Lipinski definition) is 3. The highest BCUT2D eigenvalue weighted by atomic mass is 19.1. The van der Waals surface area contributed by atoms with E-state index >= 15 is 0 Å². The first-order chi connectivity index (χ1) is 12.0. The number of nitrogens with one attached hydrogen (secondary N) is 2. The Bertz CT molecular complexity index is 962. The van der Waals surface area contributed by atoms with Crippen LogP contribution in [-0.4, -0.2) is 24.0 Å². The minimum absolute atomic E-state index is 0.0603. The molecule has 0 bridgehead atoms. The van der Waals surface area contributed by atoms with Gasteiger partial charge >= 0.3 is 5.97 Å². The maximum absolute atomic E-state index is 13.5. The number of anilines is 1. The largest absolute Gasteiger partial charge is 0.465 e. The number of rotatable bonds is 4. The van der Waals surface area contributed by atoms with Gasteiger partial charge in [0, 0.05) is 16.6 Å². The number of benzene rings is 2. The van der Waals surface area contributed by atoms with Crippen molar-refractivity contribution in [1.29, 1.82) is 0 Å². The van der Waals surface area contributed by atoms with E-state index < -0.39 is 5.97 Å². The lowest BCUT2D eigenvalue weighted by molar-refractivity contribution is -0.115. The van der Waals surface area contributed by atoms with Crippen molar-refractivity contribution in [2.24, 2.45) is 0 Å². The minimum Gasteiger partial charge on any atom is -0.465 e. The van der Waals surface area contributed by atoms with Crippen molar-refractivity contribution in [2.45, 2.75) is 13.3 Å². The molecule has 3 aromatic rings. The van der Waals surface area contributed by atoms with Gasteiger partial charge in [0.05, 0.1) is 24.8 Å². The number of aryl methyl sites for hydroxylation is 1. The normalized spacial score (nSPS) is 10.7. The molecule has 3 rings (SSSR count). The Balaban J connectivity index is 1.86. The number of aromatic nitrogens is 1. The van der Waals surface area contributed by atoms with E-state index in [1.165, 1.54) is 19.2 Å². The quantitative estimate of drug-likeness (QED) is 0.713. The fourth-order valence-electron chi connectivity index (χ4n) is 2.82. The minimum atomic E-state index is -0.527. The molecule has 0 aliphatic carbocycles. The standard InChI is InChI=1S/C19H17FN2O3/c1-11-14(15-9-12(20)7-8-17(15)21-11)10-18(23)22-16-6-4-3-5-13(16)19(24)25-2/h3-9,21H,10H2,1-2H3,(H,22,23). The summed E-state index contributed by atoms with van der Waals surface area (Å²) in [4.78, 5) is 27.4. The van der Waals surface area contributed by atoms with E-state index in [4.69, 9.17) is 4.74 Å². The van der Waals surface area contributed by atoms with Crippen LogP contribution >= 0.6 is 0 Å². The van der Waals surface area contributed by atoms with Gasteiger partial charge in [-0.05, 0) is 42.8 Å². The molecule has 6 heteroatoms. The average molecular weight is 340 g/mol. The van der Waals surface area contributed by atoms with Crippen molar-refractivity contribution in [3.63, 3.8) is 0 Å². The molecule has 1 aromatic heterocycles. The smallest absolute Gasteiger partial charge is 0.339 e. The third-order valence-corrected chi connectivity index (χ3v) is 4.03. The number of halogens is 1. The predicted octanol–water partition coefficient (Wildman–Crippen LogP) is 3.58. The van der Waals surface area contributed by atoms with Gasteiger partial charge in [-0.25, -0.2) is 9.18 Å². The Kier molecular flexibility index (Phi) is 4.52. The van der Waals surface area contributed by atoms with Crippen molar-refractivity contribution in [1.82, 2.24) is 4.98 Å². The van der Waals surface area contributed by atoms with Gasteiger partial charge in [-0.1, -0.05) is 12.1 Å². The Hall–Kier alpha value is -3.15. The molecule has 0 saturated carbocycles. The van der Waals surface area contributed by atoms with Gasteiger partial charge in [-0.2, -0.15) is 0 Å². The number of ether oxygens (including phenoxy) is 1. The molecule has 25 heavy (non-hydrogen) atoms. The van der Waals surface area contributed by atoms with E-state index in [-0.39, 0.29) is 23.7 Å². The summed E-state index contributed by atoms with van der Waals surface area (Å²) < 4.78 is 18.2. The van der Waals surface area contributed by atoms with Crippen molar-refractivity contribution in [3.05, 3.63) is 65.1 Å². The second kappa shape index (κ2) is 6.76. The summed E-state index contributed by atoms with van der Waals surface area (Å²) in [5.74, 6) is -1.19. The molecule has 0 unspecified atom stereocenters. The Labute approximate surface area is 143 Å². The van der Waals surface area contributed by atoms with E-state index in [1.807, 2.05) is 6.92 Å². The maximum Gasteiger partial charge on any atom is 0.339 e. The molecule has 2 N–H and O–H groups in total.